The molecule has 0 aliphatic carbocycles. The maximum atomic E-state index is 12.6. The molecule has 1 aromatic carbocycles. The lowest BCUT2D eigenvalue weighted by molar-refractivity contribution is -0.137. The van der Waals surface area contributed by atoms with Crippen LogP contribution in [0.3, 0.4) is 0 Å². The normalized spacial score (nSPS) is 19.5. The molecule has 2 heterocycles. The first-order valence-corrected chi connectivity index (χ1v) is 7.20. The van der Waals surface area contributed by atoms with Crippen molar-refractivity contribution < 1.29 is 13.2 Å². The van der Waals surface area contributed by atoms with Gasteiger partial charge in [0.1, 0.15) is 0 Å². The number of nitrogens with zero attached hydrogens (tertiary/aromatic N) is 3. The van der Waals surface area contributed by atoms with Gasteiger partial charge >= 0.3 is 6.18 Å². The smallest absolute Gasteiger partial charge is 0.290 e. The van der Waals surface area contributed by atoms with E-state index in [1.54, 1.807) is 30.7 Å². The molecule has 1 unspecified atom stereocenters. The molecule has 0 saturated carbocycles. The van der Waals surface area contributed by atoms with Gasteiger partial charge in [0, 0.05) is 25.1 Å². The van der Waals surface area contributed by atoms with E-state index in [9.17, 15) is 13.2 Å². The molecule has 2 aromatic rings. The van der Waals surface area contributed by atoms with Crippen molar-refractivity contribution in [3.8, 4) is 0 Å². The predicted molar refractivity (Wildman–Crippen MR) is 75.9 cm³/mol. The van der Waals surface area contributed by atoms with Gasteiger partial charge in [-0.15, -0.1) is 0 Å². The molecule has 6 heteroatoms. The Kier molecular flexibility index (Phi) is 4.11. The number of alkyl halides is 3. The van der Waals surface area contributed by atoms with E-state index in [-0.39, 0.29) is 6.04 Å². The summed E-state index contributed by atoms with van der Waals surface area (Å²) >= 11 is 0. The molecule has 1 saturated heterocycles. The average Bonchev–Trinajstić information content (AvgIpc) is 2.96. The summed E-state index contributed by atoms with van der Waals surface area (Å²) in [7, 11) is 0. The van der Waals surface area contributed by atoms with Gasteiger partial charge in [-0.3, -0.25) is 14.9 Å². The van der Waals surface area contributed by atoms with Crippen molar-refractivity contribution in [1.29, 1.82) is 0 Å². The number of aromatic nitrogens is 2. The molecule has 0 bridgehead atoms. The standard InChI is InChI=1S/C16H16F3N3/c17-16(18,19)13-5-3-12(4-6-13)11-22-9-1-2-15(22)14-10-20-7-8-21-14/h3-8,10,15H,1-2,9,11H2. The summed E-state index contributed by atoms with van der Waals surface area (Å²) in [6, 6.07) is 5.57. The van der Waals surface area contributed by atoms with E-state index in [4.69, 9.17) is 0 Å². The topological polar surface area (TPSA) is 29.0 Å². The molecule has 116 valence electrons. The van der Waals surface area contributed by atoms with Crippen LogP contribution in [0.25, 0.3) is 0 Å². The van der Waals surface area contributed by atoms with Crippen molar-refractivity contribution in [3.63, 3.8) is 0 Å². The zero-order valence-corrected chi connectivity index (χ0v) is 11.9. The first-order valence-electron chi connectivity index (χ1n) is 7.20. The predicted octanol–water partition coefficient (Wildman–Crippen LogP) is 3.83. The van der Waals surface area contributed by atoms with Gasteiger partial charge in [0.15, 0.2) is 0 Å². The second-order valence-electron chi connectivity index (χ2n) is 5.45. The summed E-state index contributed by atoms with van der Waals surface area (Å²) in [4.78, 5) is 10.7. The van der Waals surface area contributed by atoms with Crippen LogP contribution in [0.2, 0.25) is 0 Å². The van der Waals surface area contributed by atoms with Crippen molar-refractivity contribution in [1.82, 2.24) is 14.9 Å². The second kappa shape index (κ2) is 6.04. The van der Waals surface area contributed by atoms with Gasteiger partial charge in [-0.05, 0) is 37.1 Å². The van der Waals surface area contributed by atoms with Gasteiger partial charge in [-0.1, -0.05) is 12.1 Å². The quantitative estimate of drug-likeness (QED) is 0.863. The minimum Gasteiger partial charge on any atom is -0.290 e. The van der Waals surface area contributed by atoms with Crippen LogP contribution in [0.1, 0.15) is 35.7 Å². The van der Waals surface area contributed by atoms with Crippen LogP contribution < -0.4 is 0 Å². The number of halogens is 3. The van der Waals surface area contributed by atoms with E-state index in [1.165, 1.54) is 0 Å². The Labute approximate surface area is 126 Å². The van der Waals surface area contributed by atoms with Crippen molar-refractivity contribution in [3.05, 3.63) is 59.7 Å². The molecule has 1 atom stereocenters. The number of rotatable bonds is 3. The largest absolute Gasteiger partial charge is 0.416 e. The summed E-state index contributed by atoms with van der Waals surface area (Å²) in [5, 5.41) is 0. The number of benzene rings is 1. The number of hydrogen-bond donors (Lipinski definition) is 0. The average molecular weight is 307 g/mol. The minimum absolute atomic E-state index is 0.191. The van der Waals surface area contributed by atoms with Crippen molar-refractivity contribution in [2.75, 3.05) is 6.54 Å². The van der Waals surface area contributed by atoms with E-state index in [0.29, 0.717) is 6.54 Å². The minimum atomic E-state index is -4.28. The van der Waals surface area contributed by atoms with E-state index in [0.717, 1.165) is 42.8 Å². The Morgan fingerprint density at radius 2 is 1.91 bits per heavy atom. The molecule has 1 aromatic heterocycles. The Bertz CT molecular complexity index is 611. The fourth-order valence-corrected chi connectivity index (χ4v) is 2.87. The van der Waals surface area contributed by atoms with Gasteiger partial charge in [-0.25, -0.2) is 0 Å². The molecule has 3 nitrogen and oxygen atoms in total. The Balaban J connectivity index is 1.72. The van der Waals surface area contributed by atoms with E-state index < -0.39 is 11.7 Å². The van der Waals surface area contributed by atoms with Gasteiger partial charge in [0.25, 0.3) is 0 Å². The Hall–Kier alpha value is -1.95. The van der Waals surface area contributed by atoms with Gasteiger partial charge in [0.05, 0.1) is 17.3 Å². The number of hydrogen-bond acceptors (Lipinski definition) is 3. The van der Waals surface area contributed by atoms with Crippen LogP contribution in [-0.4, -0.2) is 21.4 Å². The maximum absolute atomic E-state index is 12.6. The lowest BCUT2D eigenvalue weighted by atomic mass is 10.1. The SMILES string of the molecule is FC(F)(F)c1ccc(CN2CCCC2c2cnccn2)cc1. The van der Waals surface area contributed by atoms with Crippen LogP contribution in [0, 0.1) is 0 Å². The summed E-state index contributed by atoms with van der Waals surface area (Å²) in [6.07, 6.45) is 2.84. The first-order chi connectivity index (χ1) is 10.5. The highest BCUT2D eigenvalue weighted by Gasteiger charge is 2.30. The fourth-order valence-electron chi connectivity index (χ4n) is 2.87. The molecular weight excluding hydrogens is 291 g/mol. The highest BCUT2D eigenvalue weighted by molar-refractivity contribution is 5.25. The number of likely N-dealkylation sites (tertiary alicyclic amines) is 1. The van der Waals surface area contributed by atoms with Gasteiger partial charge < -0.3 is 0 Å². The first kappa shape index (κ1) is 15.0. The molecule has 3 rings (SSSR count). The molecule has 0 spiro atoms. The van der Waals surface area contributed by atoms with E-state index >= 15 is 0 Å². The van der Waals surface area contributed by atoms with Crippen LogP contribution in [0.15, 0.2) is 42.9 Å². The molecule has 0 N–H and O–H groups in total. The third-order valence-electron chi connectivity index (χ3n) is 3.96. The third-order valence-corrected chi connectivity index (χ3v) is 3.96. The van der Waals surface area contributed by atoms with Crippen LogP contribution in [-0.2, 0) is 12.7 Å². The monoisotopic (exact) mass is 307 g/mol. The lowest BCUT2D eigenvalue weighted by Crippen LogP contribution is -2.23. The maximum Gasteiger partial charge on any atom is 0.416 e. The van der Waals surface area contributed by atoms with Crippen LogP contribution >= 0.6 is 0 Å². The molecule has 22 heavy (non-hydrogen) atoms. The highest BCUT2D eigenvalue weighted by Crippen LogP contribution is 2.33. The lowest BCUT2D eigenvalue weighted by Gasteiger charge is -2.23. The molecule has 1 aliphatic heterocycles. The molecule has 0 amide bonds. The molecule has 0 radical (unpaired) electrons. The fraction of sp³-hybridized carbons (Fsp3) is 0.375. The van der Waals surface area contributed by atoms with Crippen molar-refractivity contribution >= 4 is 0 Å². The Morgan fingerprint density at radius 3 is 2.55 bits per heavy atom. The van der Waals surface area contributed by atoms with Crippen LogP contribution in [0.5, 0.6) is 0 Å². The summed E-state index contributed by atoms with van der Waals surface area (Å²) in [5.74, 6) is 0. The zero-order valence-electron chi connectivity index (χ0n) is 11.9. The van der Waals surface area contributed by atoms with Crippen LogP contribution in [0.4, 0.5) is 13.2 Å². The molecule has 1 aliphatic rings. The molecule has 1 fully saturated rings. The van der Waals surface area contributed by atoms with Crippen molar-refractivity contribution in [2.45, 2.75) is 31.6 Å². The second-order valence-corrected chi connectivity index (χ2v) is 5.45. The Morgan fingerprint density at radius 1 is 1.14 bits per heavy atom. The summed E-state index contributed by atoms with van der Waals surface area (Å²) in [5.41, 5.74) is 1.19. The van der Waals surface area contributed by atoms with E-state index in [2.05, 4.69) is 14.9 Å². The third kappa shape index (κ3) is 3.27. The molecular formula is C16H16F3N3. The summed E-state index contributed by atoms with van der Waals surface area (Å²) in [6.45, 7) is 1.54. The highest BCUT2D eigenvalue weighted by atomic mass is 19.4. The summed E-state index contributed by atoms with van der Waals surface area (Å²) < 4.78 is 37.7. The zero-order chi connectivity index (χ0) is 15.6. The van der Waals surface area contributed by atoms with Gasteiger partial charge in [-0.2, -0.15) is 13.2 Å². The van der Waals surface area contributed by atoms with Crippen molar-refractivity contribution in [2.24, 2.45) is 0 Å². The van der Waals surface area contributed by atoms with Gasteiger partial charge in [0.2, 0.25) is 0 Å². The van der Waals surface area contributed by atoms with E-state index in [1.807, 2.05) is 0 Å².